The molecule has 0 unspecified atom stereocenters. The van der Waals surface area contributed by atoms with Crippen LogP contribution in [0.2, 0.25) is 0 Å². The van der Waals surface area contributed by atoms with Gasteiger partial charge in [-0.25, -0.2) is 8.42 Å². The Balaban J connectivity index is 3.01. The number of hydrogen-bond donors (Lipinski definition) is 0. The zero-order chi connectivity index (χ0) is 15.3. The topological polar surface area (TPSA) is 55.2 Å². The van der Waals surface area contributed by atoms with Crippen molar-refractivity contribution in [3.05, 3.63) is 12.4 Å². The van der Waals surface area contributed by atoms with Crippen LogP contribution in [0, 0.1) is 11.8 Å². The lowest BCUT2D eigenvalue weighted by molar-refractivity contribution is 0.333. The van der Waals surface area contributed by atoms with Gasteiger partial charge in [0.1, 0.15) is 4.90 Å². The lowest BCUT2D eigenvalue weighted by Crippen LogP contribution is -2.36. The van der Waals surface area contributed by atoms with Crippen molar-refractivity contribution in [1.29, 1.82) is 0 Å². The molecule has 0 fully saturated rings. The van der Waals surface area contributed by atoms with Gasteiger partial charge in [0.05, 0.1) is 12.7 Å². The van der Waals surface area contributed by atoms with Crippen molar-refractivity contribution in [2.75, 3.05) is 19.0 Å². The molecule has 0 aliphatic carbocycles. The molecule has 0 bridgehead atoms. The highest BCUT2D eigenvalue weighted by Crippen LogP contribution is 2.18. The zero-order valence-electron chi connectivity index (χ0n) is 12.6. The van der Waals surface area contributed by atoms with Crippen molar-refractivity contribution in [3.8, 4) is 0 Å². The molecule has 1 rings (SSSR count). The standard InChI is InChI=1S/C13H24ClN3O2S/c1-11(2)8-17(9-12(3)4)20(18,19)13-7-15-16(10-13)6-5-14/h7,10-12H,5-6,8-9H2,1-4H3. The van der Waals surface area contributed by atoms with Crippen molar-refractivity contribution in [3.63, 3.8) is 0 Å². The summed E-state index contributed by atoms with van der Waals surface area (Å²) in [6, 6.07) is 0. The molecule has 0 radical (unpaired) electrons. The van der Waals surface area contributed by atoms with Crippen molar-refractivity contribution >= 4 is 21.6 Å². The first-order valence-electron chi connectivity index (χ1n) is 6.86. The average Bonchev–Trinajstić information content (AvgIpc) is 2.76. The third kappa shape index (κ3) is 4.75. The molecule has 0 atom stereocenters. The number of aryl methyl sites for hydroxylation is 1. The van der Waals surface area contributed by atoms with Gasteiger partial charge in [-0.15, -0.1) is 11.6 Å². The highest BCUT2D eigenvalue weighted by molar-refractivity contribution is 7.89. The minimum absolute atomic E-state index is 0.240. The molecule has 1 aromatic rings. The summed E-state index contributed by atoms with van der Waals surface area (Å²) in [5.74, 6) is 0.964. The average molecular weight is 322 g/mol. The van der Waals surface area contributed by atoms with Crippen LogP contribution in [-0.4, -0.2) is 41.5 Å². The first kappa shape index (κ1) is 17.5. The minimum atomic E-state index is -3.48. The van der Waals surface area contributed by atoms with Gasteiger partial charge in [-0.3, -0.25) is 4.68 Å². The van der Waals surface area contributed by atoms with Crippen LogP contribution in [0.3, 0.4) is 0 Å². The predicted molar refractivity (Wildman–Crippen MR) is 81.4 cm³/mol. The molecule has 0 aromatic carbocycles. The Morgan fingerprint density at radius 3 is 2.25 bits per heavy atom. The Hall–Kier alpha value is -0.590. The molecule has 0 saturated carbocycles. The van der Waals surface area contributed by atoms with Gasteiger partial charge in [-0.05, 0) is 11.8 Å². The summed E-state index contributed by atoms with van der Waals surface area (Å²) in [6.45, 7) is 9.59. The lowest BCUT2D eigenvalue weighted by Gasteiger charge is -2.24. The summed E-state index contributed by atoms with van der Waals surface area (Å²) in [6.07, 6.45) is 2.95. The maximum Gasteiger partial charge on any atom is 0.246 e. The first-order chi connectivity index (χ1) is 9.27. The van der Waals surface area contributed by atoms with Gasteiger partial charge in [-0.2, -0.15) is 9.40 Å². The van der Waals surface area contributed by atoms with E-state index in [1.54, 1.807) is 15.2 Å². The van der Waals surface area contributed by atoms with E-state index in [-0.39, 0.29) is 16.7 Å². The van der Waals surface area contributed by atoms with Crippen molar-refractivity contribution in [2.45, 2.75) is 39.1 Å². The second kappa shape index (κ2) is 7.43. The molecular weight excluding hydrogens is 298 g/mol. The number of halogens is 1. The number of aromatic nitrogens is 2. The van der Waals surface area contributed by atoms with Gasteiger partial charge in [0.2, 0.25) is 10.0 Å². The van der Waals surface area contributed by atoms with Gasteiger partial charge >= 0.3 is 0 Å². The smallest absolute Gasteiger partial charge is 0.246 e. The maximum atomic E-state index is 12.7. The molecule has 5 nitrogen and oxygen atoms in total. The molecule has 0 N–H and O–H groups in total. The van der Waals surface area contributed by atoms with Gasteiger partial charge in [0.25, 0.3) is 0 Å². The highest BCUT2D eigenvalue weighted by atomic mass is 35.5. The van der Waals surface area contributed by atoms with Crippen LogP contribution in [0.5, 0.6) is 0 Å². The molecule has 20 heavy (non-hydrogen) atoms. The highest BCUT2D eigenvalue weighted by Gasteiger charge is 2.27. The molecule has 0 saturated heterocycles. The molecule has 116 valence electrons. The monoisotopic (exact) mass is 321 g/mol. The van der Waals surface area contributed by atoms with Crippen LogP contribution < -0.4 is 0 Å². The van der Waals surface area contributed by atoms with Crippen LogP contribution in [-0.2, 0) is 16.6 Å². The van der Waals surface area contributed by atoms with Crippen LogP contribution in [0.15, 0.2) is 17.3 Å². The number of nitrogens with zero attached hydrogens (tertiary/aromatic N) is 3. The Morgan fingerprint density at radius 2 is 1.80 bits per heavy atom. The lowest BCUT2D eigenvalue weighted by atomic mass is 10.2. The van der Waals surface area contributed by atoms with Crippen LogP contribution in [0.4, 0.5) is 0 Å². The van der Waals surface area contributed by atoms with E-state index < -0.39 is 10.0 Å². The first-order valence-corrected chi connectivity index (χ1v) is 8.83. The fourth-order valence-electron chi connectivity index (χ4n) is 1.92. The fraction of sp³-hybridized carbons (Fsp3) is 0.769. The molecule has 0 aliphatic heterocycles. The van der Waals surface area contributed by atoms with Crippen LogP contribution in [0.1, 0.15) is 27.7 Å². The van der Waals surface area contributed by atoms with E-state index >= 15 is 0 Å². The number of hydrogen-bond acceptors (Lipinski definition) is 3. The molecule has 0 spiro atoms. The zero-order valence-corrected chi connectivity index (χ0v) is 14.2. The Kier molecular flexibility index (Phi) is 6.48. The molecular formula is C13H24ClN3O2S. The van der Waals surface area contributed by atoms with Crippen molar-refractivity contribution < 1.29 is 8.42 Å². The minimum Gasteiger partial charge on any atom is -0.270 e. The summed E-state index contributed by atoms with van der Waals surface area (Å²) in [7, 11) is -3.48. The van der Waals surface area contributed by atoms with E-state index in [4.69, 9.17) is 11.6 Å². The third-order valence-electron chi connectivity index (χ3n) is 2.70. The predicted octanol–water partition coefficient (Wildman–Crippen LogP) is 2.42. The molecule has 7 heteroatoms. The van der Waals surface area contributed by atoms with Gasteiger partial charge in [0, 0.05) is 25.2 Å². The van der Waals surface area contributed by atoms with E-state index in [2.05, 4.69) is 5.10 Å². The van der Waals surface area contributed by atoms with E-state index in [0.29, 0.717) is 25.5 Å². The summed E-state index contributed by atoms with van der Waals surface area (Å²) in [4.78, 5) is 0.240. The number of sulfonamides is 1. The van der Waals surface area contributed by atoms with Crippen LogP contribution >= 0.6 is 11.6 Å². The largest absolute Gasteiger partial charge is 0.270 e. The maximum absolute atomic E-state index is 12.7. The van der Waals surface area contributed by atoms with Crippen molar-refractivity contribution in [2.24, 2.45) is 11.8 Å². The number of alkyl halides is 1. The number of rotatable bonds is 8. The Labute approximate surface area is 127 Å². The summed E-state index contributed by atoms with van der Waals surface area (Å²) < 4.78 is 28.4. The fourth-order valence-corrected chi connectivity index (χ4v) is 3.82. The van der Waals surface area contributed by atoms with Crippen LogP contribution in [0.25, 0.3) is 0 Å². The van der Waals surface area contributed by atoms with Gasteiger partial charge in [-0.1, -0.05) is 27.7 Å². The van der Waals surface area contributed by atoms with E-state index in [9.17, 15) is 8.42 Å². The Morgan fingerprint density at radius 1 is 1.25 bits per heavy atom. The molecule has 0 amide bonds. The quantitative estimate of drug-likeness (QED) is 0.691. The molecule has 1 aromatic heterocycles. The van der Waals surface area contributed by atoms with Gasteiger partial charge in [0.15, 0.2) is 0 Å². The summed E-state index contributed by atoms with van der Waals surface area (Å²) >= 11 is 5.64. The molecule has 0 aliphatic rings. The second-order valence-corrected chi connectivity index (χ2v) is 8.05. The van der Waals surface area contributed by atoms with Gasteiger partial charge < -0.3 is 0 Å². The second-order valence-electron chi connectivity index (χ2n) is 5.74. The Bertz CT molecular complexity index is 501. The van der Waals surface area contributed by atoms with E-state index in [0.717, 1.165) is 0 Å². The van der Waals surface area contributed by atoms with E-state index in [1.807, 2.05) is 27.7 Å². The molecule has 1 heterocycles. The SMILES string of the molecule is CC(C)CN(CC(C)C)S(=O)(=O)c1cnn(CCCl)c1. The third-order valence-corrected chi connectivity index (χ3v) is 4.65. The van der Waals surface area contributed by atoms with E-state index in [1.165, 1.54) is 6.20 Å². The summed E-state index contributed by atoms with van der Waals surface area (Å²) in [5, 5.41) is 4.04. The normalized spacial score (nSPS) is 12.8. The summed E-state index contributed by atoms with van der Waals surface area (Å²) in [5.41, 5.74) is 0. The van der Waals surface area contributed by atoms with Crippen molar-refractivity contribution in [1.82, 2.24) is 14.1 Å².